The molecule has 34 heavy (non-hydrogen) atoms. The van der Waals surface area contributed by atoms with Gasteiger partial charge in [-0.25, -0.2) is 13.1 Å². The zero-order valence-corrected chi connectivity index (χ0v) is 19.9. The summed E-state index contributed by atoms with van der Waals surface area (Å²) in [6.07, 6.45) is 1.56. The van der Waals surface area contributed by atoms with Crippen LogP contribution >= 0.6 is 0 Å². The molecular weight excluding hydrogens is 450 g/mol. The Morgan fingerprint density at radius 1 is 0.971 bits per heavy atom. The third-order valence-electron chi connectivity index (χ3n) is 5.95. The summed E-state index contributed by atoms with van der Waals surface area (Å²) in [5.74, 6) is -1.21. The van der Waals surface area contributed by atoms with Gasteiger partial charge in [0.2, 0.25) is 11.8 Å². The van der Waals surface area contributed by atoms with Crippen LogP contribution in [0.3, 0.4) is 0 Å². The second kappa shape index (κ2) is 9.69. The van der Waals surface area contributed by atoms with Gasteiger partial charge < -0.3 is 10.6 Å². The van der Waals surface area contributed by atoms with Gasteiger partial charge >= 0.3 is 0 Å². The van der Waals surface area contributed by atoms with E-state index in [0.717, 1.165) is 30.2 Å². The quantitative estimate of drug-likeness (QED) is 0.490. The van der Waals surface area contributed by atoms with Gasteiger partial charge in [0.05, 0.1) is 16.9 Å². The van der Waals surface area contributed by atoms with Crippen molar-refractivity contribution in [3.05, 3.63) is 89.5 Å². The van der Waals surface area contributed by atoms with Gasteiger partial charge in [0.15, 0.2) is 0 Å². The van der Waals surface area contributed by atoms with Crippen molar-refractivity contribution in [2.45, 2.75) is 43.5 Å². The maximum atomic E-state index is 13.3. The van der Waals surface area contributed by atoms with Crippen LogP contribution in [-0.4, -0.2) is 20.2 Å². The zero-order chi connectivity index (χ0) is 24.3. The fraction of sp³-hybridized carbons (Fsp3) is 0.231. The van der Waals surface area contributed by atoms with Crippen molar-refractivity contribution >= 4 is 33.2 Å². The molecule has 0 saturated carbocycles. The molecule has 0 radical (unpaired) electrons. The van der Waals surface area contributed by atoms with Crippen LogP contribution in [0.5, 0.6) is 0 Å². The first-order chi connectivity index (χ1) is 16.3. The summed E-state index contributed by atoms with van der Waals surface area (Å²) in [5, 5.41) is 6.47. The fourth-order valence-corrected chi connectivity index (χ4v) is 5.18. The number of anilines is 2. The lowest BCUT2D eigenvalue weighted by atomic mass is 9.83. The minimum atomic E-state index is -3.93. The summed E-state index contributed by atoms with van der Waals surface area (Å²) in [5.41, 5.74) is 4.71. The molecule has 7 nitrogen and oxygen atoms in total. The molecule has 3 aromatic carbocycles. The van der Waals surface area contributed by atoms with E-state index in [9.17, 15) is 18.0 Å². The molecule has 0 aromatic heterocycles. The van der Waals surface area contributed by atoms with Crippen molar-refractivity contribution in [2.24, 2.45) is 0 Å². The summed E-state index contributed by atoms with van der Waals surface area (Å²) in [4.78, 5) is 24.4. The van der Waals surface area contributed by atoms with E-state index < -0.39 is 15.9 Å². The Balaban J connectivity index is 1.55. The predicted molar refractivity (Wildman–Crippen MR) is 132 cm³/mol. The number of carbonyl (C=O) groups is 2. The Morgan fingerprint density at radius 3 is 2.29 bits per heavy atom. The number of amides is 2. The van der Waals surface area contributed by atoms with Crippen LogP contribution in [0.15, 0.2) is 77.7 Å². The van der Waals surface area contributed by atoms with Crippen LogP contribution in [0, 0.1) is 0 Å². The lowest BCUT2D eigenvalue weighted by Crippen LogP contribution is -2.30. The van der Waals surface area contributed by atoms with Gasteiger partial charge in [-0.3, -0.25) is 9.59 Å². The van der Waals surface area contributed by atoms with E-state index in [1.54, 1.807) is 0 Å². The smallest absolute Gasteiger partial charge is 0.264 e. The molecule has 0 fully saturated rings. The first-order valence-electron chi connectivity index (χ1n) is 11.2. The average molecular weight is 478 g/mol. The van der Waals surface area contributed by atoms with Gasteiger partial charge in [-0.2, -0.15) is 0 Å². The summed E-state index contributed by atoms with van der Waals surface area (Å²) >= 11 is 0. The van der Waals surface area contributed by atoms with Crippen molar-refractivity contribution in [1.82, 2.24) is 4.72 Å². The first kappa shape index (κ1) is 23.5. The average Bonchev–Trinajstić information content (AvgIpc) is 2.83. The molecule has 8 heteroatoms. The molecule has 0 spiro atoms. The van der Waals surface area contributed by atoms with Gasteiger partial charge in [-0.15, -0.1) is 0 Å². The number of hydrogen-bond donors (Lipinski definition) is 3. The third kappa shape index (κ3) is 5.12. The SMILES string of the molecule is CCc1ccc(C2CC(C(=O)Nc3ccc(S(=O)(=O)NC(C)=O)cc3)c3ccccc3N2)cc1. The van der Waals surface area contributed by atoms with E-state index in [1.807, 2.05) is 29.0 Å². The molecule has 1 heterocycles. The van der Waals surface area contributed by atoms with E-state index in [0.29, 0.717) is 12.1 Å². The molecule has 3 N–H and O–H groups in total. The van der Waals surface area contributed by atoms with Crippen molar-refractivity contribution in [3.8, 4) is 0 Å². The zero-order valence-electron chi connectivity index (χ0n) is 19.0. The highest BCUT2D eigenvalue weighted by atomic mass is 32.2. The molecule has 4 rings (SSSR count). The second-order valence-corrected chi connectivity index (χ2v) is 10.0. The number of nitrogens with one attached hydrogen (secondary N) is 3. The molecule has 1 aliphatic rings. The van der Waals surface area contributed by atoms with Crippen molar-refractivity contribution in [2.75, 3.05) is 10.6 Å². The Kier molecular flexibility index (Phi) is 6.70. The number of carbonyl (C=O) groups excluding carboxylic acids is 2. The van der Waals surface area contributed by atoms with E-state index >= 15 is 0 Å². The predicted octanol–water partition coefficient (Wildman–Crippen LogP) is 4.35. The van der Waals surface area contributed by atoms with Crippen LogP contribution in [-0.2, 0) is 26.0 Å². The molecule has 2 unspecified atom stereocenters. The van der Waals surface area contributed by atoms with Gasteiger partial charge in [-0.1, -0.05) is 49.4 Å². The summed E-state index contributed by atoms with van der Waals surface area (Å²) in [6.45, 7) is 3.25. The fourth-order valence-electron chi connectivity index (χ4n) is 4.19. The lowest BCUT2D eigenvalue weighted by molar-refractivity contribution is -0.118. The third-order valence-corrected chi connectivity index (χ3v) is 7.40. The van der Waals surface area contributed by atoms with Crippen molar-refractivity contribution in [1.29, 1.82) is 0 Å². The Labute approximate surface area is 199 Å². The van der Waals surface area contributed by atoms with Crippen LogP contribution in [0.2, 0.25) is 0 Å². The number of aryl methyl sites for hydroxylation is 1. The maximum absolute atomic E-state index is 13.3. The van der Waals surface area contributed by atoms with E-state index in [1.165, 1.54) is 29.8 Å². The van der Waals surface area contributed by atoms with E-state index in [4.69, 9.17) is 0 Å². The van der Waals surface area contributed by atoms with Crippen LogP contribution in [0.25, 0.3) is 0 Å². The standard InChI is InChI=1S/C26H27N3O4S/c1-3-18-8-10-19(11-9-18)25-16-23(22-6-4-5-7-24(22)28-25)26(31)27-20-12-14-21(15-13-20)34(32,33)29-17(2)30/h4-15,23,25,28H,3,16H2,1-2H3,(H,27,31)(H,29,30). The molecule has 176 valence electrons. The summed E-state index contributed by atoms with van der Waals surface area (Å²) < 4.78 is 26.2. The minimum absolute atomic E-state index is 0.0123. The van der Waals surface area contributed by atoms with E-state index in [2.05, 4.69) is 41.8 Å². The number of fused-ring (bicyclic) bond motifs is 1. The van der Waals surface area contributed by atoms with Crippen LogP contribution < -0.4 is 15.4 Å². The number of sulfonamides is 1. The summed E-state index contributed by atoms with van der Waals surface area (Å²) in [7, 11) is -3.93. The molecule has 1 aliphatic heterocycles. The summed E-state index contributed by atoms with van der Waals surface area (Å²) in [6, 6.07) is 22.0. The molecule has 2 amide bonds. The van der Waals surface area contributed by atoms with Crippen molar-refractivity contribution < 1.29 is 18.0 Å². The minimum Gasteiger partial charge on any atom is -0.378 e. The largest absolute Gasteiger partial charge is 0.378 e. The van der Waals surface area contributed by atoms with Gasteiger partial charge in [0.1, 0.15) is 0 Å². The number of rotatable bonds is 6. The van der Waals surface area contributed by atoms with Crippen LogP contribution in [0.1, 0.15) is 48.9 Å². The molecule has 0 aliphatic carbocycles. The Morgan fingerprint density at radius 2 is 1.65 bits per heavy atom. The monoisotopic (exact) mass is 477 g/mol. The number of hydrogen-bond acceptors (Lipinski definition) is 5. The maximum Gasteiger partial charge on any atom is 0.264 e. The molecule has 2 atom stereocenters. The topological polar surface area (TPSA) is 104 Å². The highest BCUT2D eigenvalue weighted by Gasteiger charge is 2.32. The van der Waals surface area contributed by atoms with Gasteiger partial charge in [0.25, 0.3) is 10.0 Å². The Hall–Kier alpha value is -3.65. The lowest BCUT2D eigenvalue weighted by Gasteiger charge is -2.33. The molecule has 0 bridgehead atoms. The number of para-hydroxylation sites is 1. The normalized spacial score (nSPS) is 17.2. The van der Waals surface area contributed by atoms with Crippen LogP contribution in [0.4, 0.5) is 11.4 Å². The molecular formula is C26H27N3O4S. The van der Waals surface area contributed by atoms with E-state index in [-0.39, 0.29) is 22.8 Å². The van der Waals surface area contributed by atoms with Gasteiger partial charge in [-0.05, 0) is 59.9 Å². The number of benzene rings is 3. The highest BCUT2D eigenvalue weighted by molar-refractivity contribution is 7.90. The first-order valence-corrected chi connectivity index (χ1v) is 12.6. The molecule has 3 aromatic rings. The van der Waals surface area contributed by atoms with Crippen molar-refractivity contribution in [3.63, 3.8) is 0 Å². The molecule has 0 saturated heterocycles. The highest BCUT2D eigenvalue weighted by Crippen LogP contribution is 2.40. The second-order valence-electron chi connectivity index (χ2n) is 8.34. The Bertz CT molecular complexity index is 1300. The van der Waals surface area contributed by atoms with Gasteiger partial charge in [0, 0.05) is 18.3 Å².